The number of halogens is 1. The van der Waals surface area contributed by atoms with E-state index in [1.165, 1.54) is 5.56 Å². The van der Waals surface area contributed by atoms with Crippen LogP contribution in [-0.2, 0) is 22.6 Å². The van der Waals surface area contributed by atoms with E-state index in [0.717, 1.165) is 12.1 Å². The summed E-state index contributed by atoms with van der Waals surface area (Å²) in [6, 6.07) is 10.1. The highest BCUT2D eigenvalue weighted by Gasteiger charge is 2.62. The number of benzene rings is 1. The minimum Gasteiger partial charge on any atom is -0.378 e. The summed E-state index contributed by atoms with van der Waals surface area (Å²) in [4.78, 5) is 12.7. The van der Waals surface area contributed by atoms with E-state index >= 15 is 0 Å². The van der Waals surface area contributed by atoms with Crippen LogP contribution >= 0.6 is 12.4 Å². The van der Waals surface area contributed by atoms with E-state index in [1.807, 2.05) is 49.8 Å². The van der Waals surface area contributed by atoms with Crippen LogP contribution in [0.4, 0.5) is 0 Å². The van der Waals surface area contributed by atoms with E-state index in [2.05, 4.69) is 22.5 Å². The second kappa shape index (κ2) is 8.42. The molecule has 0 bridgehead atoms. The van der Waals surface area contributed by atoms with Gasteiger partial charge in [0, 0.05) is 37.4 Å². The Hall–Kier alpha value is -1.89. The van der Waals surface area contributed by atoms with Gasteiger partial charge in [-0.1, -0.05) is 38.1 Å². The average Bonchev–Trinajstić information content (AvgIpc) is 3.13. The van der Waals surface area contributed by atoms with Crippen LogP contribution < -0.4 is 11.1 Å². The van der Waals surface area contributed by atoms with Crippen molar-refractivity contribution in [3.8, 4) is 0 Å². The van der Waals surface area contributed by atoms with E-state index in [0.29, 0.717) is 19.6 Å². The average molecular weight is 393 g/mol. The molecule has 1 saturated carbocycles. The summed E-state index contributed by atoms with van der Waals surface area (Å²) >= 11 is 0. The fourth-order valence-corrected chi connectivity index (χ4v) is 3.50. The van der Waals surface area contributed by atoms with Crippen LogP contribution in [0, 0.1) is 5.41 Å². The molecule has 0 aliphatic heterocycles. The van der Waals surface area contributed by atoms with Gasteiger partial charge in [0.25, 0.3) is 0 Å². The Kier molecular flexibility index (Phi) is 6.68. The van der Waals surface area contributed by atoms with Gasteiger partial charge in [0.1, 0.15) is 5.54 Å². The first kappa shape index (κ1) is 21.4. The van der Waals surface area contributed by atoms with Crippen LogP contribution in [0.15, 0.2) is 42.7 Å². The summed E-state index contributed by atoms with van der Waals surface area (Å²) in [5.74, 6) is -0.112. The van der Waals surface area contributed by atoms with E-state index in [-0.39, 0.29) is 29.8 Å². The molecular formula is C20H29ClN4O2. The molecule has 2 unspecified atom stereocenters. The molecule has 1 aromatic carbocycles. The highest BCUT2D eigenvalue weighted by molar-refractivity contribution is 5.88. The van der Waals surface area contributed by atoms with Gasteiger partial charge in [0.15, 0.2) is 0 Å². The van der Waals surface area contributed by atoms with Crippen molar-refractivity contribution in [3.63, 3.8) is 0 Å². The van der Waals surface area contributed by atoms with Crippen molar-refractivity contribution >= 4 is 18.3 Å². The molecule has 1 aliphatic carbocycles. The Morgan fingerprint density at radius 3 is 2.56 bits per heavy atom. The van der Waals surface area contributed by atoms with E-state index in [1.54, 1.807) is 6.20 Å². The Bertz CT molecular complexity index is 746. The lowest BCUT2D eigenvalue weighted by Gasteiger charge is -2.57. The summed E-state index contributed by atoms with van der Waals surface area (Å²) in [5, 5.41) is 7.19. The number of carbonyl (C=O) groups is 1. The van der Waals surface area contributed by atoms with Crippen LogP contribution in [0.2, 0.25) is 0 Å². The number of nitrogens with two attached hydrogens (primary N) is 1. The number of nitrogens with one attached hydrogen (secondary N) is 1. The molecule has 7 heteroatoms. The molecule has 3 N–H and O–H groups in total. The lowest BCUT2D eigenvalue weighted by Crippen LogP contribution is -2.75. The summed E-state index contributed by atoms with van der Waals surface area (Å²) < 4.78 is 7.57. The second-order valence-electron chi connectivity index (χ2n) is 7.54. The molecule has 1 fully saturated rings. The molecular weight excluding hydrogens is 364 g/mol. The third-order valence-corrected chi connectivity index (χ3v) is 5.61. The highest BCUT2D eigenvalue weighted by Crippen LogP contribution is 2.49. The van der Waals surface area contributed by atoms with Crippen molar-refractivity contribution in [2.75, 3.05) is 6.61 Å². The first-order chi connectivity index (χ1) is 12.4. The number of aromatic nitrogens is 2. The van der Waals surface area contributed by atoms with Gasteiger partial charge in [-0.15, -0.1) is 12.4 Å². The molecule has 1 heterocycles. The van der Waals surface area contributed by atoms with Crippen LogP contribution in [0.25, 0.3) is 0 Å². The van der Waals surface area contributed by atoms with Crippen LogP contribution in [0.3, 0.4) is 0 Å². The normalized spacial score (nSPS) is 23.2. The fourth-order valence-electron chi connectivity index (χ4n) is 3.50. The van der Waals surface area contributed by atoms with E-state index in [9.17, 15) is 4.79 Å². The van der Waals surface area contributed by atoms with Gasteiger partial charge >= 0.3 is 0 Å². The molecule has 0 spiro atoms. The first-order valence-electron chi connectivity index (χ1n) is 9.11. The predicted molar refractivity (Wildman–Crippen MR) is 108 cm³/mol. The number of rotatable bonds is 7. The molecule has 6 nitrogen and oxygen atoms in total. The Morgan fingerprint density at radius 2 is 2.00 bits per heavy atom. The third kappa shape index (κ3) is 4.18. The molecule has 2 aromatic rings. The number of amides is 1. The van der Waals surface area contributed by atoms with Gasteiger partial charge in [-0.3, -0.25) is 9.48 Å². The highest BCUT2D eigenvalue weighted by atomic mass is 35.5. The quantitative estimate of drug-likeness (QED) is 0.758. The van der Waals surface area contributed by atoms with Crippen LogP contribution in [-0.4, -0.2) is 33.9 Å². The van der Waals surface area contributed by atoms with E-state index < -0.39 is 5.54 Å². The van der Waals surface area contributed by atoms with Gasteiger partial charge < -0.3 is 15.8 Å². The zero-order valence-electron chi connectivity index (χ0n) is 16.1. The zero-order valence-corrected chi connectivity index (χ0v) is 17.0. The fraction of sp³-hybridized carbons (Fsp3) is 0.500. The molecule has 1 aliphatic rings. The zero-order chi connectivity index (χ0) is 18.8. The smallest absolute Gasteiger partial charge is 0.241 e. The van der Waals surface area contributed by atoms with Crippen molar-refractivity contribution in [2.24, 2.45) is 11.1 Å². The Balaban J connectivity index is 0.00000261. The molecule has 27 heavy (non-hydrogen) atoms. The first-order valence-corrected chi connectivity index (χ1v) is 9.11. The molecule has 1 aromatic heterocycles. The minimum absolute atomic E-state index is 0. The molecule has 3 rings (SSSR count). The summed E-state index contributed by atoms with van der Waals surface area (Å²) in [6.45, 7) is 7.80. The van der Waals surface area contributed by atoms with Crippen molar-refractivity contribution in [2.45, 2.75) is 51.9 Å². The molecule has 1 amide bonds. The maximum atomic E-state index is 12.7. The van der Waals surface area contributed by atoms with E-state index in [4.69, 9.17) is 10.5 Å². The number of hydrogen-bond donors (Lipinski definition) is 2. The summed E-state index contributed by atoms with van der Waals surface area (Å²) in [7, 11) is 0. The van der Waals surface area contributed by atoms with Crippen molar-refractivity contribution < 1.29 is 9.53 Å². The minimum atomic E-state index is -0.882. The number of nitrogens with zero attached hydrogens (tertiary/aromatic N) is 2. The maximum absolute atomic E-state index is 12.7. The lowest BCUT2D eigenvalue weighted by atomic mass is 9.54. The Morgan fingerprint density at radius 1 is 1.33 bits per heavy atom. The summed E-state index contributed by atoms with van der Waals surface area (Å²) in [6.07, 6.45) is 4.29. The molecule has 2 atom stereocenters. The van der Waals surface area contributed by atoms with Crippen LogP contribution in [0.1, 0.15) is 38.3 Å². The molecule has 148 valence electrons. The second-order valence-corrected chi connectivity index (χ2v) is 7.54. The maximum Gasteiger partial charge on any atom is 0.241 e. The standard InChI is InChI=1S/C20H28N4O2.ClH/c1-4-26-17-12-20(21,19(17,2)3)18(25)22-13-15-6-8-16(9-7-15)14-24-11-5-10-23-24;/h5-11,17H,4,12-14,21H2,1-3H3,(H,22,25);1H. The van der Waals surface area contributed by atoms with Crippen molar-refractivity contribution in [1.29, 1.82) is 0 Å². The van der Waals surface area contributed by atoms with Gasteiger partial charge in [0.2, 0.25) is 5.91 Å². The SMILES string of the molecule is CCOC1CC(N)(C(=O)NCc2ccc(Cn3cccn3)cc2)C1(C)C.Cl. The Labute approximate surface area is 166 Å². The topological polar surface area (TPSA) is 82.2 Å². The molecule has 0 saturated heterocycles. The third-order valence-electron chi connectivity index (χ3n) is 5.61. The van der Waals surface area contributed by atoms with Gasteiger partial charge in [-0.25, -0.2) is 0 Å². The lowest BCUT2D eigenvalue weighted by molar-refractivity contribution is -0.170. The van der Waals surface area contributed by atoms with Gasteiger partial charge in [0.05, 0.1) is 12.6 Å². The van der Waals surface area contributed by atoms with Crippen molar-refractivity contribution in [3.05, 3.63) is 53.9 Å². The number of carbonyl (C=O) groups excluding carboxylic acids is 1. The van der Waals surface area contributed by atoms with Gasteiger partial charge in [-0.05, 0) is 24.1 Å². The van der Waals surface area contributed by atoms with Gasteiger partial charge in [-0.2, -0.15) is 5.10 Å². The van der Waals surface area contributed by atoms with Crippen molar-refractivity contribution in [1.82, 2.24) is 15.1 Å². The number of ether oxygens (including phenoxy) is 1. The number of hydrogen-bond acceptors (Lipinski definition) is 4. The predicted octanol–water partition coefficient (Wildman–Crippen LogP) is 2.50. The largest absolute Gasteiger partial charge is 0.378 e. The monoisotopic (exact) mass is 392 g/mol. The summed E-state index contributed by atoms with van der Waals surface area (Å²) in [5.41, 5.74) is 7.36. The molecule has 0 radical (unpaired) electrons. The van der Waals surface area contributed by atoms with Crippen LogP contribution in [0.5, 0.6) is 0 Å².